The maximum atomic E-state index is 12.4. The van der Waals surface area contributed by atoms with Gasteiger partial charge in [0.1, 0.15) is 7.11 Å². The first kappa shape index (κ1) is 6.99. The molecule has 0 spiro atoms. The molecular formula is C7H9FNO+. The summed E-state index contributed by atoms with van der Waals surface area (Å²) in [5.74, 6) is -0.299. The normalized spacial score (nSPS) is 9.50. The average Bonchev–Trinajstić information content (AvgIpc) is 1.94. The van der Waals surface area contributed by atoms with Crippen LogP contribution in [0.4, 0.5) is 4.39 Å². The highest BCUT2D eigenvalue weighted by Gasteiger charge is 2.06. The lowest BCUT2D eigenvalue weighted by molar-refractivity contribution is -0.890. The van der Waals surface area contributed by atoms with Crippen LogP contribution in [0.5, 0.6) is 0 Å². The van der Waals surface area contributed by atoms with Crippen LogP contribution in [0.25, 0.3) is 0 Å². The van der Waals surface area contributed by atoms with Gasteiger partial charge in [-0.15, -0.1) is 0 Å². The molecule has 0 aliphatic rings. The summed E-state index contributed by atoms with van der Waals surface area (Å²) in [6.07, 6.45) is 1.29. The van der Waals surface area contributed by atoms with Crippen molar-refractivity contribution in [2.45, 2.75) is 6.92 Å². The second kappa shape index (κ2) is 2.64. The van der Waals surface area contributed by atoms with E-state index in [1.54, 1.807) is 6.07 Å². The molecule has 0 saturated heterocycles. The summed E-state index contributed by atoms with van der Waals surface area (Å²) in [7, 11) is 1.49. The largest absolute Gasteiger partial charge is 0.274 e. The van der Waals surface area contributed by atoms with Gasteiger partial charge in [0.25, 0.3) is 6.20 Å². The fraction of sp³-hybridized carbons (Fsp3) is 0.286. The smallest absolute Gasteiger partial charge is 0.258 e. The minimum Gasteiger partial charge on any atom is -0.274 e. The maximum Gasteiger partial charge on any atom is 0.258 e. The second-order valence-corrected chi connectivity index (χ2v) is 2.00. The average molecular weight is 142 g/mol. The molecule has 1 aromatic heterocycles. The predicted octanol–water partition coefficient (Wildman–Crippen LogP) is 0.480. The molecule has 54 valence electrons. The molecule has 0 aliphatic heterocycles. The molecule has 0 bridgehead atoms. The molecule has 0 amide bonds. The number of hydrogen-bond donors (Lipinski definition) is 0. The molecule has 1 heterocycles. The van der Waals surface area contributed by atoms with Crippen LogP contribution in [0.2, 0.25) is 0 Å². The van der Waals surface area contributed by atoms with E-state index in [0.29, 0.717) is 0 Å². The van der Waals surface area contributed by atoms with Gasteiger partial charge in [0.05, 0.1) is 0 Å². The van der Waals surface area contributed by atoms with Gasteiger partial charge in [-0.2, -0.15) is 0 Å². The minimum atomic E-state index is -0.299. The van der Waals surface area contributed by atoms with Crippen LogP contribution in [0.15, 0.2) is 18.3 Å². The molecule has 0 aromatic carbocycles. The van der Waals surface area contributed by atoms with Crippen LogP contribution in [-0.4, -0.2) is 7.11 Å². The Bertz CT molecular complexity index is 237. The van der Waals surface area contributed by atoms with Crippen molar-refractivity contribution in [3.05, 3.63) is 29.8 Å². The SMILES string of the molecule is CO[n+]1cc(F)ccc1C. The predicted molar refractivity (Wildman–Crippen MR) is 33.8 cm³/mol. The van der Waals surface area contributed by atoms with Gasteiger partial charge in [-0.3, -0.25) is 4.84 Å². The van der Waals surface area contributed by atoms with E-state index in [9.17, 15) is 4.39 Å². The van der Waals surface area contributed by atoms with Crippen LogP contribution in [-0.2, 0) is 0 Å². The summed E-state index contributed by atoms with van der Waals surface area (Å²) in [6.45, 7) is 1.84. The van der Waals surface area contributed by atoms with Crippen molar-refractivity contribution in [1.82, 2.24) is 0 Å². The lowest BCUT2D eigenvalue weighted by Crippen LogP contribution is -2.43. The number of aromatic nitrogens is 1. The van der Waals surface area contributed by atoms with E-state index in [4.69, 9.17) is 4.84 Å². The van der Waals surface area contributed by atoms with Gasteiger partial charge >= 0.3 is 0 Å². The van der Waals surface area contributed by atoms with E-state index in [1.807, 2.05) is 6.92 Å². The number of hydrogen-bond acceptors (Lipinski definition) is 1. The summed E-state index contributed by atoms with van der Waals surface area (Å²) in [5, 5.41) is 0. The molecule has 1 aromatic rings. The Morgan fingerprint density at radius 3 is 2.70 bits per heavy atom. The number of halogens is 1. The second-order valence-electron chi connectivity index (χ2n) is 2.00. The van der Waals surface area contributed by atoms with Crippen LogP contribution in [0.3, 0.4) is 0 Å². The van der Waals surface area contributed by atoms with Crippen molar-refractivity contribution in [3.8, 4) is 0 Å². The first-order chi connectivity index (χ1) is 4.74. The highest BCUT2D eigenvalue weighted by atomic mass is 19.1. The topological polar surface area (TPSA) is 13.1 Å². The summed E-state index contributed by atoms with van der Waals surface area (Å²) in [5.41, 5.74) is 0.865. The van der Waals surface area contributed by atoms with Gasteiger partial charge in [-0.1, -0.05) is 0 Å². The highest BCUT2D eigenvalue weighted by Crippen LogP contribution is 1.92. The van der Waals surface area contributed by atoms with Gasteiger partial charge in [0, 0.05) is 17.7 Å². The fourth-order valence-electron chi connectivity index (χ4n) is 0.727. The molecule has 0 aliphatic carbocycles. The molecule has 10 heavy (non-hydrogen) atoms. The lowest BCUT2D eigenvalue weighted by Gasteiger charge is -1.92. The van der Waals surface area contributed by atoms with Crippen LogP contribution < -0.4 is 9.57 Å². The molecule has 3 heteroatoms. The molecular weight excluding hydrogens is 133 g/mol. The van der Waals surface area contributed by atoms with E-state index in [1.165, 1.54) is 24.1 Å². The Hall–Kier alpha value is -1.12. The quantitative estimate of drug-likeness (QED) is 0.520. The number of rotatable bonds is 1. The van der Waals surface area contributed by atoms with Crippen molar-refractivity contribution >= 4 is 0 Å². The zero-order valence-electron chi connectivity index (χ0n) is 5.97. The van der Waals surface area contributed by atoms with Gasteiger partial charge in [-0.25, -0.2) is 4.39 Å². The first-order valence-electron chi connectivity index (χ1n) is 2.96. The Balaban J connectivity index is 3.09. The minimum absolute atomic E-state index is 0.299. The summed E-state index contributed by atoms with van der Waals surface area (Å²) >= 11 is 0. The molecule has 0 saturated carbocycles. The molecule has 0 unspecified atom stereocenters. The summed E-state index contributed by atoms with van der Waals surface area (Å²) < 4.78 is 13.8. The van der Waals surface area contributed by atoms with Crippen LogP contribution in [0, 0.1) is 12.7 Å². The van der Waals surface area contributed by atoms with Crippen molar-refractivity contribution in [2.24, 2.45) is 0 Å². The van der Waals surface area contributed by atoms with Crippen LogP contribution in [0.1, 0.15) is 5.69 Å². The number of nitrogens with zero attached hydrogens (tertiary/aromatic N) is 1. The zero-order valence-corrected chi connectivity index (χ0v) is 5.97. The van der Waals surface area contributed by atoms with Gasteiger partial charge in [-0.05, 0) is 6.07 Å². The Morgan fingerprint density at radius 1 is 1.50 bits per heavy atom. The van der Waals surface area contributed by atoms with Crippen molar-refractivity contribution in [2.75, 3.05) is 7.11 Å². The monoisotopic (exact) mass is 142 g/mol. The highest BCUT2D eigenvalue weighted by molar-refractivity contribution is 4.96. The van der Waals surface area contributed by atoms with Gasteiger partial charge < -0.3 is 0 Å². The summed E-state index contributed by atoms with van der Waals surface area (Å²) in [4.78, 5) is 4.80. The third-order valence-corrected chi connectivity index (χ3v) is 1.27. The Kier molecular flexibility index (Phi) is 1.85. The van der Waals surface area contributed by atoms with E-state index in [0.717, 1.165) is 5.69 Å². The maximum absolute atomic E-state index is 12.4. The van der Waals surface area contributed by atoms with Crippen molar-refractivity contribution in [3.63, 3.8) is 0 Å². The number of pyridine rings is 1. The number of aryl methyl sites for hydroxylation is 1. The lowest BCUT2D eigenvalue weighted by atomic mass is 10.4. The van der Waals surface area contributed by atoms with Crippen molar-refractivity contribution in [1.29, 1.82) is 0 Å². The fourth-order valence-corrected chi connectivity index (χ4v) is 0.727. The zero-order chi connectivity index (χ0) is 7.56. The molecule has 0 fully saturated rings. The Labute approximate surface area is 58.8 Å². The molecule has 0 atom stereocenters. The molecule has 2 nitrogen and oxygen atoms in total. The van der Waals surface area contributed by atoms with E-state index in [-0.39, 0.29) is 5.82 Å². The van der Waals surface area contributed by atoms with Gasteiger partial charge in [0.15, 0.2) is 5.82 Å². The van der Waals surface area contributed by atoms with E-state index < -0.39 is 0 Å². The Morgan fingerprint density at radius 2 is 2.20 bits per heavy atom. The van der Waals surface area contributed by atoms with Crippen molar-refractivity contribution < 1.29 is 14.0 Å². The third-order valence-electron chi connectivity index (χ3n) is 1.27. The molecule has 0 radical (unpaired) electrons. The molecule has 0 N–H and O–H groups in total. The van der Waals surface area contributed by atoms with E-state index in [2.05, 4.69) is 0 Å². The van der Waals surface area contributed by atoms with Gasteiger partial charge in [0.2, 0.25) is 5.69 Å². The van der Waals surface area contributed by atoms with E-state index >= 15 is 0 Å². The molecule has 1 rings (SSSR count). The standard InChI is InChI=1S/C7H9FNO/c1-6-3-4-7(8)5-9(6)10-2/h3-5H,1-2H3/q+1. The first-order valence-corrected chi connectivity index (χ1v) is 2.96. The third kappa shape index (κ3) is 1.23. The summed E-state index contributed by atoms with van der Waals surface area (Å²) in [6, 6.07) is 3.05. The van der Waals surface area contributed by atoms with Crippen LogP contribution >= 0.6 is 0 Å².